The van der Waals surface area contributed by atoms with Crippen LogP contribution in [0.2, 0.25) is 0 Å². The molecule has 0 unspecified atom stereocenters. The van der Waals surface area contributed by atoms with Gasteiger partial charge < -0.3 is 15.0 Å². The maximum absolute atomic E-state index is 10.9. The van der Waals surface area contributed by atoms with Crippen LogP contribution in [0.4, 0.5) is 5.69 Å². The van der Waals surface area contributed by atoms with Gasteiger partial charge in [-0.15, -0.1) is 0 Å². The smallest absolute Gasteiger partial charge is 0.337 e. The molecule has 0 fully saturated rings. The van der Waals surface area contributed by atoms with Crippen molar-refractivity contribution in [2.24, 2.45) is 0 Å². The highest BCUT2D eigenvalue weighted by molar-refractivity contribution is 7.86. The highest BCUT2D eigenvalue weighted by atomic mass is 32.2. The van der Waals surface area contributed by atoms with Crippen molar-refractivity contribution in [2.45, 2.75) is 6.92 Å². The number of nitrogen functional groups attached to an aromatic ring is 1. The van der Waals surface area contributed by atoms with Crippen LogP contribution < -0.4 is 9.92 Å². The van der Waals surface area contributed by atoms with E-state index in [9.17, 15) is 13.2 Å². The third-order valence-corrected chi connectivity index (χ3v) is 2.42. The Morgan fingerprint density at radius 2 is 2.00 bits per heavy atom. The molecule has 0 saturated heterocycles. The SMILES string of the molecule is Cc1c(OS(C)(=O)=O)ccc(C(=O)O)c1N. The summed E-state index contributed by atoms with van der Waals surface area (Å²) >= 11 is 0. The van der Waals surface area contributed by atoms with Gasteiger partial charge in [-0.25, -0.2) is 4.79 Å². The molecule has 7 heteroatoms. The third kappa shape index (κ3) is 2.63. The predicted octanol–water partition coefficient (Wildman–Crippen LogP) is 0.614. The lowest BCUT2D eigenvalue weighted by molar-refractivity contribution is 0.0698. The Balaban J connectivity index is 3.28. The molecule has 0 saturated carbocycles. The summed E-state index contributed by atoms with van der Waals surface area (Å²) in [6.07, 6.45) is 0.897. The van der Waals surface area contributed by atoms with Gasteiger partial charge in [0.15, 0.2) is 0 Å². The van der Waals surface area contributed by atoms with Crippen molar-refractivity contribution in [1.82, 2.24) is 0 Å². The molecular weight excluding hydrogens is 234 g/mol. The molecule has 0 aromatic heterocycles. The minimum Gasteiger partial charge on any atom is -0.478 e. The molecule has 16 heavy (non-hydrogen) atoms. The van der Waals surface area contributed by atoms with Crippen LogP contribution in [0.25, 0.3) is 0 Å². The monoisotopic (exact) mass is 245 g/mol. The Bertz CT molecular complexity index is 535. The summed E-state index contributed by atoms with van der Waals surface area (Å²) in [6, 6.07) is 2.46. The summed E-state index contributed by atoms with van der Waals surface area (Å²) < 4.78 is 26.5. The van der Waals surface area contributed by atoms with Crippen LogP contribution >= 0.6 is 0 Å². The largest absolute Gasteiger partial charge is 0.478 e. The van der Waals surface area contributed by atoms with Crippen molar-refractivity contribution in [1.29, 1.82) is 0 Å². The molecule has 0 aliphatic heterocycles. The molecule has 3 N–H and O–H groups in total. The average Bonchev–Trinajstić information content (AvgIpc) is 2.10. The first-order chi connectivity index (χ1) is 7.22. The number of hydrogen-bond donors (Lipinski definition) is 2. The van der Waals surface area contributed by atoms with Crippen LogP contribution in [-0.4, -0.2) is 25.7 Å². The Morgan fingerprint density at radius 3 is 2.44 bits per heavy atom. The molecule has 0 bridgehead atoms. The summed E-state index contributed by atoms with van der Waals surface area (Å²) in [5.41, 5.74) is 5.74. The third-order valence-electron chi connectivity index (χ3n) is 1.94. The lowest BCUT2D eigenvalue weighted by Gasteiger charge is -2.10. The summed E-state index contributed by atoms with van der Waals surface area (Å²) in [5.74, 6) is -1.14. The van der Waals surface area contributed by atoms with E-state index in [0.717, 1.165) is 6.26 Å². The van der Waals surface area contributed by atoms with Crippen molar-refractivity contribution in [3.8, 4) is 5.75 Å². The topological polar surface area (TPSA) is 107 Å². The van der Waals surface area contributed by atoms with Crippen molar-refractivity contribution < 1.29 is 22.5 Å². The molecule has 1 aromatic carbocycles. The van der Waals surface area contributed by atoms with Crippen LogP contribution in [0.5, 0.6) is 5.75 Å². The summed E-state index contributed by atoms with van der Waals surface area (Å²) in [4.78, 5) is 10.7. The maximum Gasteiger partial charge on any atom is 0.337 e. The van der Waals surface area contributed by atoms with E-state index >= 15 is 0 Å². The van der Waals surface area contributed by atoms with Crippen molar-refractivity contribution in [2.75, 3.05) is 12.0 Å². The summed E-state index contributed by atoms with van der Waals surface area (Å²) in [6.45, 7) is 1.49. The molecule has 0 heterocycles. The van der Waals surface area contributed by atoms with Crippen molar-refractivity contribution in [3.63, 3.8) is 0 Å². The lowest BCUT2D eigenvalue weighted by Crippen LogP contribution is -2.10. The first-order valence-electron chi connectivity index (χ1n) is 4.24. The molecular formula is C9H11NO5S. The van der Waals surface area contributed by atoms with Crippen LogP contribution in [0.3, 0.4) is 0 Å². The Kier molecular flexibility index (Phi) is 3.09. The number of carbonyl (C=O) groups is 1. The fraction of sp³-hybridized carbons (Fsp3) is 0.222. The van der Waals surface area contributed by atoms with Gasteiger partial charge in [0.05, 0.1) is 17.5 Å². The number of hydrogen-bond acceptors (Lipinski definition) is 5. The molecule has 6 nitrogen and oxygen atoms in total. The number of benzene rings is 1. The molecule has 0 spiro atoms. The van der Waals surface area contributed by atoms with E-state index in [1.54, 1.807) is 0 Å². The molecule has 1 aromatic rings. The van der Waals surface area contributed by atoms with Crippen LogP contribution in [0.1, 0.15) is 15.9 Å². The van der Waals surface area contributed by atoms with Crippen LogP contribution in [-0.2, 0) is 10.1 Å². The molecule has 0 aliphatic rings. The van der Waals surface area contributed by atoms with Gasteiger partial charge in [-0.1, -0.05) is 0 Å². The summed E-state index contributed by atoms with van der Waals surface area (Å²) in [5, 5.41) is 8.77. The Labute approximate surface area is 92.8 Å². The highest BCUT2D eigenvalue weighted by Gasteiger charge is 2.15. The van der Waals surface area contributed by atoms with Crippen LogP contribution in [0, 0.1) is 6.92 Å². The number of aromatic carboxylic acids is 1. The number of nitrogens with two attached hydrogens (primary N) is 1. The number of carboxylic acid groups (broad SMARTS) is 1. The zero-order valence-electron chi connectivity index (χ0n) is 8.72. The van der Waals surface area contributed by atoms with Gasteiger partial charge in [0, 0.05) is 5.56 Å². The Morgan fingerprint density at radius 1 is 1.44 bits per heavy atom. The minimum absolute atomic E-state index is 0.00588. The molecule has 0 amide bonds. The second-order valence-corrected chi connectivity index (χ2v) is 4.82. The molecule has 1 rings (SSSR count). The van der Waals surface area contributed by atoms with Gasteiger partial charge in [0.25, 0.3) is 0 Å². The van der Waals surface area contributed by atoms with E-state index < -0.39 is 16.1 Å². The molecule has 88 valence electrons. The van der Waals surface area contributed by atoms with Crippen molar-refractivity contribution >= 4 is 21.8 Å². The van der Waals surface area contributed by atoms with Gasteiger partial charge >= 0.3 is 16.1 Å². The van der Waals surface area contributed by atoms with Gasteiger partial charge in [-0.2, -0.15) is 8.42 Å². The highest BCUT2D eigenvalue weighted by Crippen LogP contribution is 2.27. The molecule has 0 aliphatic carbocycles. The van der Waals surface area contributed by atoms with Gasteiger partial charge in [0.1, 0.15) is 5.75 Å². The second-order valence-electron chi connectivity index (χ2n) is 3.24. The van der Waals surface area contributed by atoms with E-state index in [2.05, 4.69) is 4.18 Å². The quantitative estimate of drug-likeness (QED) is 0.597. The molecule has 0 atom stereocenters. The van der Waals surface area contributed by atoms with E-state index in [-0.39, 0.29) is 22.6 Å². The standard InChI is InChI=1S/C9H11NO5S/c1-5-7(15-16(2,13)14)4-3-6(8(5)10)9(11)12/h3-4H,10H2,1-2H3,(H,11,12). The van der Waals surface area contributed by atoms with Gasteiger partial charge in [-0.3, -0.25) is 0 Å². The first-order valence-corrected chi connectivity index (χ1v) is 6.06. The van der Waals surface area contributed by atoms with Gasteiger partial charge in [0.2, 0.25) is 0 Å². The van der Waals surface area contributed by atoms with Gasteiger partial charge in [-0.05, 0) is 19.1 Å². The zero-order valence-corrected chi connectivity index (χ0v) is 9.54. The minimum atomic E-state index is -3.65. The second kappa shape index (κ2) is 4.01. The Hall–Kier alpha value is -1.76. The normalized spacial score (nSPS) is 11.1. The fourth-order valence-electron chi connectivity index (χ4n) is 1.15. The van der Waals surface area contributed by atoms with E-state index in [1.165, 1.54) is 19.1 Å². The van der Waals surface area contributed by atoms with Crippen LogP contribution in [0.15, 0.2) is 12.1 Å². The number of rotatable bonds is 3. The van der Waals surface area contributed by atoms with E-state index in [4.69, 9.17) is 10.8 Å². The number of carboxylic acids is 1. The maximum atomic E-state index is 10.9. The molecule has 0 radical (unpaired) electrons. The van der Waals surface area contributed by atoms with E-state index in [1.807, 2.05) is 0 Å². The predicted molar refractivity (Wildman–Crippen MR) is 58.0 cm³/mol. The first kappa shape index (κ1) is 12.3. The number of anilines is 1. The fourth-order valence-corrected chi connectivity index (χ4v) is 1.66. The summed E-state index contributed by atoms with van der Waals surface area (Å²) in [7, 11) is -3.65. The van der Waals surface area contributed by atoms with Crippen molar-refractivity contribution in [3.05, 3.63) is 23.3 Å². The lowest BCUT2D eigenvalue weighted by atomic mass is 10.1. The average molecular weight is 245 g/mol. The zero-order chi connectivity index (χ0) is 12.5. The van der Waals surface area contributed by atoms with E-state index in [0.29, 0.717) is 0 Å².